The molecule has 2 aliphatic heterocycles. The Hall–Kier alpha value is -3.87. The zero-order valence-electron chi connectivity index (χ0n) is 27.2. The molecule has 0 saturated carbocycles. The van der Waals surface area contributed by atoms with Crippen LogP contribution >= 0.6 is 0 Å². The number of likely N-dealkylation sites (tertiary alicyclic amines) is 1. The number of rotatable bonds is 11. The fraction of sp³-hybridized carbons (Fsp3) is 0.545. The van der Waals surface area contributed by atoms with Crippen molar-refractivity contribution >= 4 is 29.1 Å². The minimum Gasteiger partial charge on any atom is -0.460 e. The van der Waals surface area contributed by atoms with Gasteiger partial charge in [-0.3, -0.25) is 9.59 Å². The molecule has 12 nitrogen and oxygen atoms in total. The number of hydrogen-bond donors (Lipinski definition) is 2. The Bertz CT molecular complexity index is 1490. The van der Waals surface area contributed by atoms with Crippen LogP contribution in [0.2, 0.25) is 0 Å². The topological polar surface area (TPSA) is 120 Å². The Balaban J connectivity index is 1.39. The molecule has 0 aliphatic carbocycles. The zero-order chi connectivity index (χ0) is 31.9. The zero-order valence-corrected chi connectivity index (χ0v) is 27.2. The van der Waals surface area contributed by atoms with Gasteiger partial charge in [-0.1, -0.05) is 32.1 Å². The second-order valence-corrected chi connectivity index (χ2v) is 12.7. The Kier molecular flexibility index (Phi) is 10.8. The smallest absolute Gasteiger partial charge is 0.322 e. The summed E-state index contributed by atoms with van der Waals surface area (Å²) in [7, 11) is 5.99. The molecule has 2 saturated heterocycles. The van der Waals surface area contributed by atoms with Crippen LogP contribution in [-0.2, 0) is 16.1 Å². The van der Waals surface area contributed by atoms with Gasteiger partial charge in [0.05, 0.1) is 17.8 Å². The van der Waals surface area contributed by atoms with Crippen LogP contribution in [-0.4, -0.2) is 101 Å². The van der Waals surface area contributed by atoms with Gasteiger partial charge in [-0.2, -0.15) is 19.6 Å². The van der Waals surface area contributed by atoms with Crippen LogP contribution in [0.3, 0.4) is 0 Å². The summed E-state index contributed by atoms with van der Waals surface area (Å²) in [6.45, 7) is 8.63. The van der Waals surface area contributed by atoms with Crippen LogP contribution in [0.5, 0.6) is 6.01 Å². The number of anilines is 2. The third kappa shape index (κ3) is 8.24. The summed E-state index contributed by atoms with van der Waals surface area (Å²) in [6, 6.07) is 7.87. The molecule has 2 amide bonds. The molecule has 2 fully saturated rings. The molecule has 242 valence electrons. The lowest BCUT2D eigenvalue weighted by atomic mass is 9.97. The van der Waals surface area contributed by atoms with Crippen molar-refractivity contribution in [1.82, 2.24) is 34.7 Å². The number of likely N-dealkylation sites (N-methyl/N-ethyl adjacent to an activating group) is 1. The van der Waals surface area contributed by atoms with Gasteiger partial charge in [-0.05, 0) is 77.0 Å². The lowest BCUT2D eigenvalue weighted by Crippen LogP contribution is -2.45. The number of ether oxygens (including phenoxy) is 1. The first-order valence-corrected chi connectivity index (χ1v) is 16.0. The lowest BCUT2D eigenvalue weighted by Gasteiger charge is -2.28. The van der Waals surface area contributed by atoms with Crippen molar-refractivity contribution in [3.05, 3.63) is 53.7 Å². The van der Waals surface area contributed by atoms with Gasteiger partial charge >= 0.3 is 6.01 Å². The third-order valence-corrected chi connectivity index (χ3v) is 8.37. The largest absolute Gasteiger partial charge is 0.460 e. The van der Waals surface area contributed by atoms with Crippen molar-refractivity contribution in [2.24, 2.45) is 5.92 Å². The minimum absolute atomic E-state index is 0.0609. The second-order valence-electron chi connectivity index (χ2n) is 12.7. The number of aromatic nitrogens is 4. The number of nitrogens with one attached hydrogen (secondary N) is 2. The summed E-state index contributed by atoms with van der Waals surface area (Å²) in [5.41, 5.74) is 3.16. The number of benzene rings is 1. The molecular weight excluding hydrogens is 570 g/mol. The third-order valence-electron chi connectivity index (χ3n) is 8.37. The van der Waals surface area contributed by atoms with E-state index in [0.717, 1.165) is 56.4 Å². The van der Waals surface area contributed by atoms with Gasteiger partial charge in [-0.15, -0.1) is 0 Å². The second kappa shape index (κ2) is 14.9. The number of fused-ring (bicyclic) bond motifs is 1. The van der Waals surface area contributed by atoms with E-state index in [1.807, 2.05) is 49.5 Å². The summed E-state index contributed by atoms with van der Waals surface area (Å²) in [5, 5.41) is 11.3. The van der Waals surface area contributed by atoms with Crippen molar-refractivity contribution in [2.75, 3.05) is 64.1 Å². The van der Waals surface area contributed by atoms with Crippen LogP contribution in [0.25, 0.3) is 5.65 Å². The fourth-order valence-corrected chi connectivity index (χ4v) is 5.74. The van der Waals surface area contributed by atoms with E-state index in [-0.39, 0.29) is 29.8 Å². The summed E-state index contributed by atoms with van der Waals surface area (Å²) >= 11 is 0. The maximum Gasteiger partial charge on any atom is 0.322 e. The number of piperidine rings is 2. The van der Waals surface area contributed by atoms with Crippen LogP contribution in [0.15, 0.2) is 42.6 Å². The molecular formula is C33H47N9O3. The van der Waals surface area contributed by atoms with Gasteiger partial charge < -0.3 is 25.2 Å². The summed E-state index contributed by atoms with van der Waals surface area (Å²) in [6.07, 6.45) is 8.68. The van der Waals surface area contributed by atoms with E-state index in [4.69, 9.17) is 14.7 Å². The highest BCUT2D eigenvalue weighted by molar-refractivity contribution is 6.19. The first-order chi connectivity index (χ1) is 21.7. The number of carbonyl (C=O) groups excluding carboxylic acids is 2. The molecule has 12 heteroatoms. The Labute approximate surface area is 265 Å². The molecule has 0 bridgehead atoms. The van der Waals surface area contributed by atoms with Gasteiger partial charge in [0.15, 0.2) is 5.65 Å². The van der Waals surface area contributed by atoms with Crippen molar-refractivity contribution in [3.63, 3.8) is 0 Å². The number of nitrogens with zero attached hydrogens (tertiary/aromatic N) is 7. The molecule has 2 aliphatic rings. The van der Waals surface area contributed by atoms with E-state index in [0.29, 0.717) is 42.9 Å². The highest BCUT2D eigenvalue weighted by Crippen LogP contribution is 2.26. The van der Waals surface area contributed by atoms with Crippen LogP contribution in [0.4, 0.5) is 11.6 Å². The van der Waals surface area contributed by atoms with E-state index in [9.17, 15) is 9.59 Å². The summed E-state index contributed by atoms with van der Waals surface area (Å²) in [4.78, 5) is 42.2. The molecule has 45 heavy (non-hydrogen) atoms. The molecule has 1 unspecified atom stereocenters. The number of imide groups is 1. The normalized spacial score (nSPS) is 18.2. The van der Waals surface area contributed by atoms with Gasteiger partial charge in [0.2, 0.25) is 11.9 Å². The minimum atomic E-state index is -0.344. The lowest BCUT2D eigenvalue weighted by molar-refractivity contribution is -0.127. The molecule has 0 radical (unpaired) electrons. The predicted molar refractivity (Wildman–Crippen MR) is 176 cm³/mol. The molecule has 5 rings (SSSR count). The molecule has 2 aromatic heterocycles. The van der Waals surface area contributed by atoms with Crippen LogP contribution < -0.4 is 20.3 Å². The van der Waals surface area contributed by atoms with E-state index in [1.165, 1.54) is 11.0 Å². The number of amides is 2. The summed E-state index contributed by atoms with van der Waals surface area (Å²) < 4.78 is 8.00. The van der Waals surface area contributed by atoms with Crippen LogP contribution in [0.1, 0.15) is 56.6 Å². The molecule has 0 spiro atoms. The quantitative estimate of drug-likeness (QED) is 0.310. The molecule has 1 aromatic carbocycles. The van der Waals surface area contributed by atoms with E-state index in [2.05, 4.69) is 41.5 Å². The molecule has 3 aromatic rings. The Morgan fingerprint density at radius 1 is 1.18 bits per heavy atom. The average molecular weight is 618 g/mol. The Morgan fingerprint density at radius 2 is 1.98 bits per heavy atom. The molecule has 1 atom stereocenters. The highest BCUT2D eigenvalue weighted by Gasteiger charge is 2.30. The van der Waals surface area contributed by atoms with Crippen molar-refractivity contribution in [1.29, 1.82) is 0 Å². The first-order valence-electron chi connectivity index (χ1n) is 16.0. The van der Waals surface area contributed by atoms with E-state index < -0.39 is 0 Å². The molecule has 4 heterocycles. The predicted octanol–water partition coefficient (Wildman–Crippen LogP) is 3.31. The monoisotopic (exact) mass is 617 g/mol. The number of carbonyl (C=O) groups is 2. The van der Waals surface area contributed by atoms with Gasteiger partial charge in [0, 0.05) is 44.4 Å². The highest BCUT2D eigenvalue weighted by atomic mass is 16.5. The number of hydrogen-bond acceptors (Lipinski definition) is 10. The van der Waals surface area contributed by atoms with E-state index in [1.54, 1.807) is 10.6 Å². The summed E-state index contributed by atoms with van der Waals surface area (Å²) in [5.74, 6) is -0.0327. The first kappa shape index (κ1) is 32.5. The SMILES string of the molecule is CC(C)c1cnn2c(NCc3cccc(N(C(=O)/C=C/CN(C)C)C(=O)C4CCCNC4)c3)nc(OC3CCN(C)CC3)nc12. The van der Waals surface area contributed by atoms with Crippen LogP contribution in [0, 0.1) is 5.92 Å². The van der Waals surface area contributed by atoms with Gasteiger partial charge in [-0.25, -0.2) is 4.90 Å². The standard InChI is InChI=1S/C33H47N9O3/c1-23(2)28-22-36-42-30(28)37-33(45-27-13-17-40(5)18-14-27)38-32(42)35-20-24-9-6-11-26(19-24)41(29(43)12-8-16-39(3)4)31(44)25-10-7-15-34-21-25/h6,8-9,11-12,19,22-23,25,27,34H,7,10,13-18,20-21H2,1-5H3,(H,35,37,38)/b12-8+. The fourth-order valence-electron chi connectivity index (χ4n) is 5.74. The van der Waals surface area contributed by atoms with E-state index >= 15 is 0 Å². The molecule has 2 N–H and O–H groups in total. The van der Waals surface area contributed by atoms with Crippen molar-refractivity contribution < 1.29 is 14.3 Å². The van der Waals surface area contributed by atoms with Gasteiger partial charge in [0.1, 0.15) is 6.10 Å². The average Bonchev–Trinajstić information content (AvgIpc) is 3.46. The van der Waals surface area contributed by atoms with Crippen molar-refractivity contribution in [2.45, 2.75) is 58.1 Å². The maximum atomic E-state index is 13.7. The van der Waals surface area contributed by atoms with Gasteiger partial charge in [0.25, 0.3) is 5.91 Å². The Morgan fingerprint density at radius 3 is 2.69 bits per heavy atom. The maximum absolute atomic E-state index is 13.7. The van der Waals surface area contributed by atoms with Crippen molar-refractivity contribution in [3.8, 4) is 6.01 Å².